The summed E-state index contributed by atoms with van der Waals surface area (Å²) in [6.45, 7) is 4.53. The third-order valence-corrected chi connectivity index (χ3v) is 4.07. The van der Waals surface area contributed by atoms with Crippen molar-refractivity contribution in [3.63, 3.8) is 0 Å². The Kier molecular flexibility index (Phi) is 4.05. The van der Waals surface area contributed by atoms with Gasteiger partial charge < -0.3 is 13.9 Å². The molecule has 0 aliphatic heterocycles. The van der Waals surface area contributed by atoms with Gasteiger partial charge in [0, 0.05) is 31.5 Å². The first-order chi connectivity index (χ1) is 11.0. The van der Waals surface area contributed by atoms with E-state index in [1.165, 1.54) is 0 Å². The molecule has 0 bridgehead atoms. The van der Waals surface area contributed by atoms with E-state index in [0.717, 1.165) is 22.4 Å². The molecule has 1 aromatic carbocycles. The van der Waals surface area contributed by atoms with Crippen LogP contribution in [0.3, 0.4) is 0 Å². The number of aromatic nitrogens is 3. The highest BCUT2D eigenvalue weighted by atomic mass is 16.5. The smallest absolute Gasteiger partial charge is 0.253 e. The van der Waals surface area contributed by atoms with Gasteiger partial charge in [-0.05, 0) is 32.0 Å². The van der Waals surface area contributed by atoms with E-state index in [2.05, 4.69) is 17.6 Å². The molecule has 0 aliphatic rings. The Bertz CT molecular complexity index is 882. The number of hydrogen-bond donors (Lipinski definition) is 0. The lowest BCUT2D eigenvalue weighted by molar-refractivity contribution is 0.164. The van der Waals surface area contributed by atoms with E-state index < -0.39 is 0 Å². The fourth-order valence-corrected chi connectivity index (χ4v) is 3.01. The summed E-state index contributed by atoms with van der Waals surface area (Å²) in [4.78, 5) is 16.8. The van der Waals surface area contributed by atoms with Crippen LogP contribution in [0.5, 0.6) is 0 Å². The summed E-state index contributed by atoms with van der Waals surface area (Å²) in [6, 6.07) is 10.1. The first-order valence-corrected chi connectivity index (χ1v) is 7.66. The third-order valence-electron chi connectivity index (χ3n) is 4.07. The van der Waals surface area contributed by atoms with Gasteiger partial charge in [-0.2, -0.15) is 0 Å². The van der Waals surface area contributed by atoms with Crippen LogP contribution in [0, 0.1) is 6.92 Å². The Morgan fingerprint density at radius 1 is 1.30 bits per heavy atom. The van der Waals surface area contributed by atoms with Crippen molar-refractivity contribution < 1.29 is 4.74 Å². The lowest BCUT2D eigenvalue weighted by atomic mass is 10.2. The molecule has 0 amide bonds. The number of para-hydroxylation sites is 2. The van der Waals surface area contributed by atoms with E-state index in [1.54, 1.807) is 18.7 Å². The number of hydrogen-bond acceptors (Lipinski definition) is 3. The highest BCUT2D eigenvalue weighted by molar-refractivity contribution is 5.80. The second-order valence-corrected chi connectivity index (χ2v) is 5.93. The number of rotatable bonds is 4. The predicted octanol–water partition coefficient (Wildman–Crippen LogP) is 2.92. The van der Waals surface area contributed by atoms with Crippen molar-refractivity contribution in [2.24, 2.45) is 7.05 Å². The van der Waals surface area contributed by atoms with Crippen LogP contribution < -0.4 is 5.56 Å². The lowest BCUT2D eigenvalue weighted by Crippen LogP contribution is -2.19. The van der Waals surface area contributed by atoms with Crippen molar-refractivity contribution in [1.82, 2.24) is 14.1 Å². The fraction of sp³-hybridized carbons (Fsp3) is 0.333. The van der Waals surface area contributed by atoms with Gasteiger partial charge in [-0.15, -0.1) is 0 Å². The van der Waals surface area contributed by atoms with Gasteiger partial charge in [-0.1, -0.05) is 12.1 Å². The quantitative estimate of drug-likeness (QED) is 0.744. The topological polar surface area (TPSA) is 49.0 Å². The van der Waals surface area contributed by atoms with Gasteiger partial charge >= 0.3 is 0 Å². The van der Waals surface area contributed by atoms with E-state index >= 15 is 0 Å². The molecule has 1 atom stereocenters. The molecule has 0 aliphatic carbocycles. The van der Waals surface area contributed by atoms with E-state index in [1.807, 2.05) is 37.4 Å². The summed E-state index contributed by atoms with van der Waals surface area (Å²) < 4.78 is 9.12. The largest absolute Gasteiger partial charge is 0.383 e. The number of ether oxygens (including phenoxy) is 1. The van der Waals surface area contributed by atoms with Crippen molar-refractivity contribution in [1.29, 1.82) is 0 Å². The molecule has 2 aromatic heterocycles. The van der Waals surface area contributed by atoms with Crippen molar-refractivity contribution in [2.75, 3.05) is 13.7 Å². The minimum Gasteiger partial charge on any atom is -0.383 e. The van der Waals surface area contributed by atoms with Gasteiger partial charge in [0.05, 0.1) is 23.7 Å². The van der Waals surface area contributed by atoms with E-state index in [0.29, 0.717) is 12.2 Å². The van der Waals surface area contributed by atoms with Crippen LogP contribution >= 0.6 is 0 Å². The first kappa shape index (κ1) is 15.5. The predicted molar refractivity (Wildman–Crippen MR) is 91.7 cm³/mol. The van der Waals surface area contributed by atoms with Crippen molar-refractivity contribution >= 4 is 11.0 Å². The molecule has 1 unspecified atom stereocenters. The standard InChI is InChI=1S/C18H21N3O2/c1-12-9-14(10-20(3)18(12)22)17-19-15-7-5-6-8-16(15)21(17)13(2)11-23-4/h5-10,13H,11H2,1-4H3. The Morgan fingerprint density at radius 2 is 2.04 bits per heavy atom. The number of nitrogens with zero attached hydrogens (tertiary/aromatic N) is 3. The molecule has 120 valence electrons. The Morgan fingerprint density at radius 3 is 2.74 bits per heavy atom. The van der Waals surface area contributed by atoms with Gasteiger partial charge in [-0.25, -0.2) is 4.98 Å². The highest BCUT2D eigenvalue weighted by Gasteiger charge is 2.18. The zero-order chi connectivity index (χ0) is 16.6. The Labute approximate surface area is 135 Å². The highest BCUT2D eigenvalue weighted by Crippen LogP contribution is 2.28. The molecule has 0 saturated heterocycles. The Balaban J connectivity index is 2.28. The van der Waals surface area contributed by atoms with Gasteiger partial charge in [-0.3, -0.25) is 4.79 Å². The van der Waals surface area contributed by atoms with Crippen molar-refractivity contribution in [2.45, 2.75) is 19.9 Å². The van der Waals surface area contributed by atoms with Crippen LogP contribution in [0.2, 0.25) is 0 Å². The molecule has 2 heterocycles. The SMILES string of the molecule is COCC(C)n1c(-c2cc(C)c(=O)n(C)c2)nc2ccccc21. The fourth-order valence-electron chi connectivity index (χ4n) is 3.01. The number of aryl methyl sites for hydroxylation is 2. The summed E-state index contributed by atoms with van der Waals surface area (Å²) in [5.74, 6) is 0.856. The molecule has 0 fully saturated rings. The second kappa shape index (κ2) is 6.01. The molecule has 5 nitrogen and oxygen atoms in total. The lowest BCUT2D eigenvalue weighted by Gasteiger charge is -2.17. The zero-order valence-corrected chi connectivity index (χ0v) is 13.9. The van der Waals surface area contributed by atoms with E-state index in [4.69, 9.17) is 9.72 Å². The normalized spacial score (nSPS) is 12.7. The van der Waals surface area contributed by atoms with Crippen LogP contribution in [0.1, 0.15) is 18.5 Å². The summed E-state index contributed by atoms with van der Waals surface area (Å²) in [7, 11) is 3.47. The minimum absolute atomic E-state index is 0.0151. The van der Waals surface area contributed by atoms with E-state index in [9.17, 15) is 4.79 Å². The summed E-state index contributed by atoms with van der Waals surface area (Å²) in [5.41, 5.74) is 3.67. The van der Waals surface area contributed by atoms with E-state index in [-0.39, 0.29) is 11.6 Å². The maximum Gasteiger partial charge on any atom is 0.253 e. The van der Waals surface area contributed by atoms with Crippen LogP contribution in [-0.4, -0.2) is 27.8 Å². The summed E-state index contributed by atoms with van der Waals surface area (Å²) in [6.07, 6.45) is 1.84. The molecule has 0 radical (unpaired) electrons. The summed E-state index contributed by atoms with van der Waals surface area (Å²) >= 11 is 0. The van der Waals surface area contributed by atoms with Crippen LogP contribution in [-0.2, 0) is 11.8 Å². The number of imidazole rings is 1. The number of methoxy groups -OCH3 is 1. The van der Waals surface area contributed by atoms with Crippen LogP contribution in [0.25, 0.3) is 22.4 Å². The molecule has 5 heteroatoms. The van der Waals surface area contributed by atoms with Crippen LogP contribution in [0.4, 0.5) is 0 Å². The van der Waals surface area contributed by atoms with Crippen molar-refractivity contribution in [3.05, 3.63) is 52.4 Å². The maximum absolute atomic E-state index is 12.0. The monoisotopic (exact) mass is 311 g/mol. The average Bonchev–Trinajstić information content (AvgIpc) is 2.92. The number of pyridine rings is 1. The molecule has 0 N–H and O–H groups in total. The first-order valence-electron chi connectivity index (χ1n) is 7.66. The Hall–Kier alpha value is -2.40. The summed E-state index contributed by atoms with van der Waals surface area (Å²) in [5, 5.41) is 0. The second-order valence-electron chi connectivity index (χ2n) is 5.93. The number of benzene rings is 1. The van der Waals surface area contributed by atoms with Gasteiger partial charge in [0.15, 0.2) is 0 Å². The zero-order valence-electron chi connectivity index (χ0n) is 13.9. The molecular formula is C18H21N3O2. The van der Waals surface area contributed by atoms with Gasteiger partial charge in [0.1, 0.15) is 5.82 Å². The van der Waals surface area contributed by atoms with Crippen LogP contribution in [0.15, 0.2) is 41.3 Å². The average molecular weight is 311 g/mol. The molecular weight excluding hydrogens is 290 g/mol. The number of fused-ring (bicyclic) bond motifs is 1. The molecule has 0 spiro atoms. The molecule has 23 heavy (non-hydrogen) atoms. The molecule has 3 aromatic rings. The van der Waals surface area contributed by atoms with Gasteiger partial charge in [0.2, 0.25) is 0 Å². The van der Waals surface area contributed by atoms with Crippen molar-refractivity contribution in [3.8, 4) is 11.4 Å². The maximum atomic E-state index is 12.0. The third kappa shape index (κ3) is 2.68. The minimum atomic E-state index is 0.0151. The molecule has 3 rings (SSSR count). The molecule has 0 saturated carbocycles. The van der Waals surface area contributed by atoms with Gasteiger partial charge in [0.25, 0.3) is 5.56 Å².